The van der Waals surface area contributed by atoms with E-state index in [0.29, 0.717) is 13.4 Å². The molecule has 0 bridgehead atoms. The summed E-state index contributed by atoms with van der Waals surface area (Å²) in [6.45, 7) is 0.774. The van der Waals surface area contributed by atoms with Crippen molar-refractivity contribution in [3.05, 3.63) is 36.4 Å². The monoisotopic (exact) mass is 271 g/mol. The first-order chi connectivity index (χ1) is 9.85. The average Bonchev–Trinajstić information content (AvgIpc) is 2.49. The van der Waals surface area contributed by atoms with E-state index in [4.69, 9.17) is 19.2 Å². The van der Waals surface area contributed by atoms with Gasteiger partial charge in [0, 0.05) is 6.42 Å². The van der Waals surface area contributed by atoms with Gasteiger partial charge in [0.25, 0.3) is 0 Å². The summed E-state index contributed by atoms with van der Waals surface area (Å²) in [5, 5.41) is 10.7. The molecule has 1 unspecified atom stereocenters. The molecule has 103 valence electrons. The van der Waals surface area contributed by atoms with Crippen LogP contribution in [-0.2, 0) is 4.74 Å². The van der Waals surface area contributed by atoms with E-state index >= 15 is 0 Å². The Bertz CT molecular complexity index is 581. The first kappa shape index (κ1) is 13.3. The minimum Gasteiger partial charge on any atom is -0.537 e. The molecule has 1 fully saturated rings. The maximum Gasteiger partial charge on any atom is 0.569 e. The molecule has 3 rings (SSSR count). The van der Waals surface area contributed by atoms with Gasteiger partial charge in [0.2, 0.25) is 0 Å². The SMILES string of the molecule is O[B]Oc1ccc2cc(OC3CCCCO3)ccc2c1. The van der Waals surface area contributed by atoms with Crippen molar-refractivity contribution in [2.75, 3.05) is 6.61 Å². The van der Waals surface area contributed by atoms with Crippen LogP contribution in [0.3, 0.4) is 0 Å². The van der Waals surface area contributed by atoms with Gasteiger partial charge >= 0.3 is 7.69 Å². The lowest BCUT2D eigenvalue weighted by atomic mass is 10.1. The summed E-state index contributed by atoms with van der Waals surface area (Å²) in [6, 6.07) is 11.5. The molecule has 1 N–H and O–H groups in total. The molecule has 5 heteroatoms. The van der Waals surface area contributed by atoms with Crippen LogP contribution < -0.4 is 9.39 Å². The molecule has 20 heavy (non-hydrogen) atoms. The predicted octanol–water partition coefficient (Wildman–Crippen LogP) is 2.65. The molecule has 1 atom stereocenters. The second-order valence-corrected chi connectivity index (χ2v) is 4.81. The highest BCUT2D eigenvalue weighted by molar-refractivity contribution is 6.17. The van der Waals surface area contributed by atoms with E-state index in [2.05, 4.69) is 0 Å². The van der Waals surface area contributed by atoms with Crippen molar-refractivity contribution in [1.29, 1.82) is 0 Å². The summed E-state index contributed by atoms with van der Waals surface area (Å²) in [5.74, 6) is 1.41. The molecule has 2 aromatic carbocycles. The summed E-state index contributed by atoms with van der Waals surface area (Å²) >= 11 is 0. The number of ether oxygens (including phenoxy) is 2. The zero-order chi connectivity index (χ0) is 13.8. The fourth-order valence-corrected chi connectivity index (χ4v) is 2.37. The van der Waals surface area contributed by atoms with Gasteiger partial charge in [-0.2, -0.15) is 0 Å². The third-order valence-corrected chi connectivity index (χ3v) is 3.38. The first-order valence-corrected chi connectivity index (χ1v) is 6.80. The highest BCUT2D eigenvalue weighted by atomic mass is 16.7. The van der Waals surface area contributed by atoms with Crippen molar-refractivity contribution in [2.45, 2.75) is 25.6 Å². The molecule has 0 aliphatic carbocycles. The van der Waals surface area contributed by atoms with E-state index in [1.165, 1.54) is 0 Å². The Morgan fingerprint density at radius 2 is 1.80 bits per heavy atom. The van der Waals surface area contributed by atoms with Crippen molar-refractivity contribution in [2.24, 2.45) is 0 Å². The number of rotatable bonds is 4. The minimum absolute atomic E-state index is 0.132. The summed E-state index contributed by atoms with van der Waals surface area (Å²) in [5.41, 5.74) is 0. The second-order valence-electron chi connectivity index (χ2n) is 4.81. The molecular weight excluding hydrogens is 255 g/mol. The van der Waals surface area contributed by atoms with Crippen molar-refractivity contribution in [3.8, 4) is 11.5 Å². The largest absolute Gasteiger partial charge is 0.569 e. The quantitative estimate of drug-likeness (QED) is 0.868. The van der Waals surface area contributed by atoms with Gasteiger partial charge in [0.15, 0.2) is 6.29 Å². The van der Waals surface area contributed by atoms with Crippen molar-refractivity contribution in [1.82, 2.24) is 0 Å². The van der Waals surface area contributed by atoms with Gasteiger partial charge in [-0.05, 0) is 47.9 Å². The van der Waals surface area contributed by atoms with Crippen LogP contribution in [0.2, 0.25) is 0 Å². The van der Waals surface area contributed by atoms with Gasteiger partial charge in [-0.25, -0.2) is 0 Å². The zero-order valence-electron chi connectivity index (χ0n) is 11.1. The van der Waals surface area contributed by atoms with Gasteiger partial charge < -0.3 is 19.2 Å². The molecular formula is C15H16BO4. The molecule has 1 saturated heterocycles. The van der Waals surface area contributed by atoms with Crippen LogP contribution in [0.4, 0.5) is 0 Å². The third-order valence-electron chi connectivity index (χ3n) is 3.38. The van der Waals surface area contributed by atoms with E-state index in [1.807, 2.05) is 30.3 Å². The molecule has 4 nitrogen and oxygen atoms in total. The molecule has 2 aromatic rings. The lowest BCUT2D eigenvalue weighted by molar-refractivity contribution is -0.105. The van der Waals surface area contributed by atoms with Crippen LogP contribution in [0.15, 0.2) is 36.4 Å². The Morgan fingerprint density at radius 1 is 1.05 bits per heavy atom. The highest BCUT2D eigenvalue weighted by Gasteiger charge is 2.15. The van der Waals surface area contributed by atoms with E-state index < -0.39 is 0 Å². The van der Waals surface area contributed by atoms with Crippen LogP contribution in [0.25, 0.3) is 10.8 Å². The number of fused-ring (bicyclic) bond motifs is 1. The normalized spacial score (nSPS) is 18.8. The number of benzene rings is 2. The van der Waals surface area contributed by atoms with Gasteiger partial charge in [0.1, 0.15) is 11.5 Å². The number of hydrogen-bond donors (Lipinski definition) is 1. The minimum atomic E-state index is -0.132. The van der Waals surface area contributed by atoms with Gasteiger partial charge in [0.05, 0.1) is 6.61 Å². The second kappa shape index (κ2) is 6.16. The molecule has 0 saturated carbocycles. The lowest BCUT2D eigenvalue weighted by Crippen LogP contribution is -2.24. The maximum absolute atomic E-state index is 8.64. The topological polar surface area (TPSA) is 47.9 Å². The zero-order valence-corrected chi connectivity index (χ0v) is 11.1. The van der Waals surface area contributed by atoms with E-state index in [1.54, 1.807) is 6.07 Å². The Hall–Kier alpha value is -1.72. The molecule has 0 aromatic heterocycles. The van der Waals surface area contributed by atoms with Crippen LogP contribution >= 0.6 is 0 Å². The Labute approximate surface area is 118 Å². The number of hydrogen-bond acceptors (Lipinski definition) is 4. The van der Waals surface area contributed by atoms with Crippen molar-refractivity contribution < 1.29 is 19.2 Å². The Kier molecular flexibility index (Phi) is 4.09. The summed E-state index contributed by atoms with van der Waals surface area (Å²) < 4.78 is 16.4. The van der Waals surface area contributed by atoms with Gasteiger partial charge in [-0.3, -0.25) is 0 Å². The third kappa shape index (κ3) is 3.06. The van der Waals surface area contributed by atoms with Crippen LogP contribution in [0, 0.1) is 0 Å². The molecule has 1 heterocycles. The molecule has 1 aliphatic heterocycles. The molecule has 1 radical (unpaired) electrons. The van der Waals surface area contributed by atoms with E-state index in [-0.39, 0.29) is 6.29 Å². The molecule has 0 amide bonds. The van der Waals surface area contributed by atoms with Crippen LogP contribution in [0.1, 0.15) is 19.3 Å². The smallest absolute Gasteiger partial charge is 0.537 e. The van der Waals surface area contributed by atoms with Crippen LogP contribution in [-0.4, -0.2) is 25.6 Å². The Morgan fingerprint density at radius 3 is 2.50 bits per heavy atom. The predicted molar refractivity (Wildman–Crippen MR) is 76.8 cm³/mol. The standard InChI is InChI=1S/C15H16BO4/c17-16-20-14-7-5-11-9-13(6-4-12(11)10-14)19-15-3-1-2-8-18-15/h4-7,9-10,15,17H,1-3,8H2. The van der Waals surface area contributed by atoms with Crippen LogP contribution in [0.5, 0.6) is 11.5 Å². The Balaban J connectivity index is 1.77. The van der Waals surface area contributed by atoms with Gasteiger partial charge in [-0.1, -0.05) is 12.1 Å². The first-order valence-electron chi connectivity index (χ1n) is 6.80. The summed E-state index contributed by atoms with van der Waals surface area (Å²) in [7, 11) is 0.680. The average molecular weight is 271 g/mol. The highest BCUT2D eigenvalue weighted by Crippen LogP contribution is 2.26. The fourth-order valence-electron chi connectivity index (χ4n) is 2.37. The van der Waals surface area contributed by atoms with E-state index in [0.717, 1.165) is 42.4 Å². The van der Waals surface area contributed by atoms with Crippen molar-refractivity contribution in [3.63, 3.8) is 0 Å². The van der Waals surface area contributed by atoms with E-state index in [9.17, 15) is 0 Å². The molecule has 1 aliphatic rings. The molecule has 0 spiro atoms. The van der Waals surface area contributed by atoms with Gasteiger partial charge in [-0.15, -0.1) is 0 Å². The van der Waals surface area contributed by atoms with Crippen molar-refractivity contribution >= 4 is 18.5 Å². The summed E-state index contributed by atoms with van der Waals surface area (Å²) in [6.07, 6.45) is 3.07. The fraction of sp³-hybridized carbons (Fsp3) is 0.333. The maximum atomic E-state index is 8.64. The summed E-state index contributed by atoms with van der Waals surface area (Å²) in [4.78, 5) is 0. The lowest BCUT2D eigenvalue weighted by Gasteiger charge is -2.23.